The summed E-state index contributed by atoms with van der Waals surface area (Å²) < 4.78 is 25.6. The fourth-order valence-corrected chi connectivity index (χ4v) is 3.17. The summed E-state index contributed by atoms with van der Waals surface area (Å²) in [7, 11) is 0. The zero-order valence-electron chi connectivity index (χ0n) is 21.5. The van der Waals surface area contributed by atoms with Gasteiger partial charge >= 0.3 is 24.2 Å². The lowest BCUT2D eigenvalue weighted by molar-refractivity contribution is -0.149. The Labute approximate surface area is 211 Å². The van der Waals surface area contributed by atoms with Crippen molar-refractivity contribution in [1.29, 1.82) is 0 Å². The van der Waals surface area contributed by atoms with Crippen molar-refractivity contribution in [1.82, 2.24) is 0 Å². The summed E-state index contributed by atoms with van der Waals surface area (Å²) in [5.74, 6) is -3.66. The first-order valence-electron chi connectivity index (χ1n) is 12.0. The zero-order valence-corrected chi connectivity index (χ0v) is 21.5. The van der Waals surface area contributed by atoms with Gasteiger partial charge in [-0.05, 0) is 42.9 Å². The van der Waals surface area contributed by atoms with Crippen molar-refractivity contribution >= 4 is 24.2 Å². The molecule has 202 valence electrons. The van der Waals surface area contributed by atoms with Crippen molar-refractivity contribution in [2.45, 2.75) is 65.8 Å². The summed E-state index contributed by atoms with van der Waals surface area (Å²) in [4.78, 5) is 48.0. The maximum Gasteiger partial charge on any atom is 0.513 e. The molecular weight excluding hydrogens is 474 g/mol. The first-order chi connectivity index (χ1) is 17.0. The van der Waals surface area contributed by atoms with Gasteiger partial charge < -0.3 is 34.5 Å². The second kappa shape index (κ2) is 15.6. The third kappa shape index (κ3) is 9.73. The molecule has 0 fully saturated rings. The maximum atomic E-state index is 12.1. The monoisotopic (exact) mass is 511 g/mol. The average Bonchev–Trinajstić information content (AvgIpc) is 2.85. The molecule has 0 aliphatic carbocycles. The highest BCUT2D eigenvalue weighted by molar-refractivity contribution is 5.75. The topological polar surface area (TPSA) is 161 Å². The average molecular weight is 512 g/mol. The van der Waals surface area contributed by atoms with E-state index < -0.39 is 42.1 Å². The van der Waals surface area contributed by atoms with Gasteiger partial charge in [0.25, 0.3) is 0 Å². The zero-order chi connectivity index (χ0) is 27.3. The molecule has 0 saturated carbocycles. The standard InChI is InChI=1S/C25H37NO10/c1-6-11-32-24(30)35-18-10-9-17(13-19(18)36-25(31)33-12-7-2)20(21(26)22(27)28)16(5)14-34-23(29)15(4)8-3/h9-10,13,15-16,20-21H,6-8,11-12,14,26H2,1-5H3,(H,27,28)/t15?,16?,20?,21-/m0/s1. The molecule has 0 bridgehead atoms. The quantitative estimate of drug-likeness (QED) is 0.208. The SMILES string of the molecule is CCCOC(=O)Oc1ccc(C(C(C)COC(=O)C(C)CC)[C@H](N)C(=O)O)cc1OC(=O)OCCC. The molecule has 0 amide bonds. The van der Waals surface area contributed by atoms with E-state index >= 15 is 0 Å². The van der Waals surface area contributed by atoms with Gasteiger partial charge in [-0.25, -0.2) is 9.59 Å². The van der Waals surface area contributed by atoms with Crippen LogP contribution in [0.3, 0.4) is 0 Å². The molecule has 0 spiro atoms. The van der Waals surface area contributed by atoms with E-state index in [4.69, 9.17) is 29.4 Å². The van der Waals surface area contributed by atoms with Gasteiger partial charge in [0.15, 0.2) is 11.5 Å². The molecule has 0 aliphatic heterocycles. The highest BCUT2D eigenvalue weighted by atomic mass is 16.7. The number of hydrogen-bond acceptors (Lipinski definition) is 10. The summed E-state index contributed by atoms with van der Waals surface area (Å²) in [5.41, 5.74) is 6.36. The molecule has 0 aliphatic rings. The van der Waals surface area contributed by atoms with E-state index in [9.17, 15) is 24.3 Å². The van der Waals surface area contributed by atoms with E-state index in [1.165, 1.54) is 18.2 Å². The van der Waals surface area contributed by atoms with E-state index in [0.717, 1.165) is 0 Å². The van der Waals surface area contributed by atoms with Gasteiger partial charge in [0.2, 0.25) is 0 Å². The number of aliphatic carboxylic acids is 1. The Morgan fingerprint density at radius 3 is 1.94 bits per heavy atom. The Balaban J connectivity index is 3.32. The van der Waals surface area contributed by atoms with Gasteiger partial charge in [0.1, 0.15) is 6.04 Å². The van der Waals surface area contributed by atoms with Crippen LogP contribution in [0.1, 0.15) is 65.4 Å². The second-order valence-electron chi connectivity index (χ2n) is 8.41. The minimum atomic E-state index is -1.37. The summed E-state index contributed by atoms with van der Waals surface area (Å²) in [6.07, 6.45) is -0.294. The van der Waals surface area contributed by atoms with Crippen LogP contribution in [0.4, 0.5) is 9.59 Å². The Bertz CT molecular complexity index is 888. The third-order valence-corrected chi connectivity index (χ3v) is 5.38. The highest BCUT2D eigenvalue weighted by Crippen LogP contribution is 2.36. The first-order valence-corrected chi connectivity index (χ1v) is 12.0. The van der Waals surface area contributed by atoms with Crippen LogP contribution in [0.5, 0.6) is 11.5 Å². The van der Waals surface area contributed by atoms with Gasteiger partial charge in [-0.1, -0.05) is 40.7 Å². The second-order valence-corrected chi connectivity index (χ2v) is 8.41. The van der Waals surface area contributed by atoms with Crippen LogP contribution in [0.25, 0.3) is 0 Å². The Hall–Kier alpha value is -3.34. The lowest BCUT2D eigenvalue weighted by atomic mass is 9.82. The van der Waals surface area contributed by atoms with Gasteiger partial charge in [-0.2, -0.15) is 0 Å². The number of benzene rings is 1. The van der Waals surface area contributed by atoms with Crippen LogP contribution in [-0.2, 0) is 23.8 Å². The highest BCUT2D eigenvalue weighted by Gasteiger charge is 2.33. The fourth-order valence-electron chi connectivity index (χ4n) is 3.17. The van der Waals surface area contributed by atoms with Gasteiger partial charge in [0.05, 0.1) is 25.7 Å². The van der Waals surface area contributed by atoms with E-state index in [1.54, 1.807) is 20.8 Å². The number of nitrogens with two attached hydrogens (primary N) is 1. The van der Waals surface area contributed by atoms with E-state index in [2.05, 4.69) is 0 Å². The minimum absolute atomic E-state index is 0.0782. The molecule has 11 heteroatoms. The number of ether oxygens (including phenoxy) is 5. The Kier molecular flexibility index (Phi) is 13.3. The number of esters is 1. The van der Waals surface area contributed by atoms with Crippen molar-refractivity contribution in [3.8, 4) is 11.5 Å². The Morgan fingerprint density at radius 2 is 1.44 bits per heavy atom. The van der Waals surface area contributed by atoms with Gasteiger partial charge in [-0.3, -0.25) is 9.59 Å². The summed E-state index contributed by atoms with van der Waals surface area (Å²) in [5, 5.41) is 9.61. The maximum absolute atomic E-state index is 12.1. The van der Waals surface area contributed by atoms with Crippen molar-refractivity contribution in [3.63, 3.8) is 0 Å². The molecule has 36 heavy (non-hydrogen) atoms. The molecule has 0 saturated heterocycles. The number of carboxylic acids is 1. The number of carboxylic acid groups (broad SMARTS) is 1. The summed E-state index contributed by atoms with van der Waals surface area (Å²) >= 11 is 0. The first kappa shape index (κ1) is 30.7. The Morgan fingerprint density at radius 1 is 0.889 bits per heavy atom. The largest absolute Gasteiger partial charge is 0.513 e. The van der Waals surface area contributed by atoms with Crippen LogP contribution >= 0.6 is 0 Å². The van der Waals surface area contributed by atoms with Crippen LogP contribution in [0.2, 0.25) is 0 Å². The van der Waals surface area contributed by atoms with E-state index in [1.807, 2.05) is 13.8 Å². The van der Waals surface area contributed by atoms with E-state index in [0.29, 0.717) is 24.8 Å². The predicted molar refractivity (Wildman–Crippen MR) is 129 cm³/mol. The molecule has 1 aromatic carbocycles. The molecule has 11 nitrogen and oxygen atoms in total. The number of hydrogen-bond donors (Lipinski definition) is 2. The number of carbonyl (C=O) groups excluding carboxylic acids is 3. The van der Waals surface area contributed by atoms with Crippen LogP contribution in [0, 0.1) is 11.8 Å². The summed E-state index contributed by atoms with van der Waals surface area (Å²) in [6, 6.07) is 2.80. The fraction of sp³-hybridized carbons (Fsp3) is 0.600. The van der Waals surface area contributed by atoms with Crippen molar-refractivity contribution in [2.75, 3.05) is 19.8 Å². The molecule has 1 rings (SSSR count). The molecule has 3 N–H and O–H groups in total. The number of carbonyl (C=O) groups is 4. The minimum Gasteiger partial charge on any atom is -0.480 e. The van der Waals surface area contributed by atoms with Gasteiger partial charge in [-0.15, -0.1) is 0 Å². The van der Waals surface area contributed by atoms with Crippen LogP contribution in [-0.4, -0.2) is 55.2 Å². The molecule has 3 unspecified atom stereocenters. The lowest BCUT2D eigenvalue weighted by Gasteiger charge is -2.28. The van der Waals surface area contributed by atoms with Crippen molar-refractivity contribution in [2.24, 2.45) is 17.6 Å². The molecule has 1 aromatic rings. The normalized spacial score (nSPS) is 14.1. The van der Waals surface area contributed by atoms with Crippen LogP contribution in [0.15, 0.2) is 18.2 Å². The lowest BCUT2D eigenvalue weighted by Crippen LogP contribution is -2.40. The third-order valence-electron chi connectivity index (χ3n) is 5.38. The van der Waals surface area contributed by atoms with Gasteiger partial charge in [0, 0.05) is 5.92 Å². The smallest absolute Gasteiger partial charge is 0.480 e. The van der Waals surface area contributed by atoms with Crippen LogP contribution < -0.4 is 15.2 Å². The molecule has 0 aromatic heterocycles. The van der Waals surface area contributed by atoms with E-state index in [-0.39, 0.29) is 37.2 Å². The summed E-state index contributed by atoms with van der Waals surface area (Å²) in [6.45, 7) is 9.07. The predicted octanol–water partition coefficient (Wildman–Crippen LogP) is 4.26. The number of rotatable bonds is 14. The molecular formula is C25H37NO10. The molecule has 0 heterocycles. The molecule has 4 atom stereocenters. The van der Waals surface area contributed by atoms with Crippen molar-refractivity contribution in [3.05, 3.63) is 23.8 Å². The molecule has 0 radical (unpaired) electrons. The van der Waals surface area contributed by atoms with Crippen molar-refractivity contribution < 1.29 is 48.0 Å².